The lowest BCUT2D eigenvalue weighted by Crippen LogP contribution is -2.58. The molecule has 0 aromatic rings. The average molecular weight is 452 g/mol. The van der Waals surface area contributed by atoms with E-state index in [1.165, 1.54) is 122 Å². The summed E-state index contributed by atoms with van der Waals surface area (Å²) in [6, 6.07) is 0. The zero-order chi connectivity index (χ0) is 23.3. The third kappa shape index (κ3) is 15.3. The topological polar surface area (TPSA) is 20.3 Å². The molecule has 0 aliphatic carbocycles. The highest BCUT2D eigenvalue weighted by Crippen LogP contribution is 2.16. The molecule has 190 valence electrons. The average Bonchev–Trinajstić information content (AvgIpc) is 2.81. The standard InChI is InChI=1S/C29H59N2O/c1-4-6-7-8-9-10-11-12-13-14-15-16-17-18-19-20-21-22-23-24-29(32)30-25-27-31(3,5-2)28-26-30/h4-28H2,1-3H3/q+1. The van der Waals surface area contributed by atoms with Crippen LogP contribution in [0.25, 0.3) is 0 Å². The van der Waals surface area contributed by atoms with E-state index in [-0.39, 0.29) is 0 Å². The van der Waals surface area contributed by atoms with Crippen molar-refractivity contribution in [2.45, 2.75) is 142 Å². The Morgan fingerprint density at radius 3 is 1.28 bits per heavy atom. The molecule has 1 saturated heterocycles. The van der Waals surface area contributed by atoms with E-state index in [4.69, 9.17) is 0 Å². The van der Waals surface area contributed by atoms with E-state index in [9.17, 15) is 4.79 Å². The Bertz CT molecular complexity index is 429. The molecule has 1 aliphatic heterocycles. The van der Waals surface area contributed by atoms with Gasteiger partial charge in [0.2, 0.25) is 5.91 Å². The molecule has 1 aliphatic rings. The fraction of sp³-hybridized carbons (Fsp3) is 0.966. The second-order valence-electron chi connectivity index (χ2n) is 10.9. The first-order valence-corrected chi connectivity index (χ1v) is 14.7. The zero-order valence-electron chi connectivity index (χ0n) is 22.5. The highest BCUT2D eigenvalue weighted by molar-refractivity contribution is 5.76. The first-order valence-electron chi connectivity index (χ1n) is 14.7. The summed E-state index contributed by atoms with van der Waals surface area (Å²) in [5, 5.41) is 0. The first-order chi connectivity index (χ1) is 15.6. The number of quaternary nitrogens is 1. The fourth-order valence-corrected chi connectivity index (χ4v) is 5.03. The monoisotopic (exact) mass is 451 g/mol. The minimum Gasteiger partial charge on any atom is -0.331 e. The second kappa shape index (κ2) is 19.9. The zero-order valence-corrected chi connectivity index (χ0v) is 22.5. The summed E-state index contributed by atoms with van der Waals surface area (Å²) in [6.45, 7) is 9.91. The van der Waals surface area contributed by atoms with Crippen LogP contribution in [0.4, 0.5) is 0 Å². The minimum atomic E-state index is 0.402. The lowest BCUT2D eigenvalue weighted by atomic mass is 10.0. The van der Waals surface area contributed by atoms with Crippen LogP contribution in [0.5, 0.6) is 0 Å². The van der Waals surface area contributed by atoms with E-state index in [0.29, 0.717) is 5.91 Å². The van der Waals surface area contributed by atoms with Crippen molar-refractivity contribution in [3.63, 3.8) is 0 Å². The Kier molecular flexibility index (Phi) is 18.3. The number of hydrogen-bond acceptors (Lipinski definition) is 1. The van der Waals surface area contributed by atoms with Crippen LogP contribution in [0.2, 0.25) is 0 Å². The van der Waals surface area contributed by atoms with Gasteiger partial charge in [-0.2, -0.15) is 0 Å². The number of unbranched alkanes of at least 4 members (excludes halogenated alkanes) is 18. The molecule has 1 fully saturated rings. The third-order valence-corrected chi connectivity index (χ3v) is 7.93. The highest BCUT2D eigenvalue weighted by Gasteiger charge is 2.28. The smallest absolute Gasteiger partial charge is 0.222 e. The van der Waals surface area contributed by atoms with Crippen LogP contribution < -0.4 is 0 Å². The number of carbonyl (C=O) groups excluding carboxylic acids is 1. The van der Waals surface area contributed by atoms with Gasteiger partial charge in [0, 0.05) is 6.42 Å². The van der Waals surface area contributed by atoms with Crippen LogP contribution in [0, 0.1) is 0 Å². The van der Waals surface area contributed by atoms with E-state index in [0.717, 1.165) is 43.5 Å². The van der Waals surface area contributed by atoms with Gasteiger partial charge in [0.05, 0.1) is 39.8 Å². The number of likely N-dealkylation sites (N-methyl/N-ethyl adjacent to an activating group) is 1. The van der Waals surface area contributed by atoms with Crippen molar-refractivity contribution in [2.24, 2.45) is 0 Å². The van der Waals surface area contributed by atoms with Crippen LogP contribution in [0.1, 0.15) is 142 Å². The molecule has 0 aromatic carbocycles. The van der Waals surface area contributed by atoms with Crippen molar-refractivity contribution in [2.75, 3.05) is 39.8 Å². The van der Waals surface area contributed by atoms with Gasteiger partial charge >= 0.3 is 0 Å². The van der Waals surface area contributed by atoms with Crippen LogP contribution >= 0.6 is 0 Å². The van der Waals surface area contributed by atoms with Gasteiger partial charge in [-0.1, -0.05) is 122 Å². The van der Waals surface area contributed by atoms with Crippen LogP contribution in [0.15, 0.2) is 0 Å². The van der Waals surface area contributed by atoms with Crippen molar-refractivity contribution in [3.8, 4) is 0 Å². The van der Waals surface area contributed by atoms with Crippen LogP contribution in [-0.2, 0) is 4.79 Å². The predicted molar refractivity (Wildman–Crippen MR) is 141 cm³/mol. The first kappa shape index (κ1) is 29.5. The molecule has 0 aromatic heterocycles. The Morgan fingerprint density at radius 1 is 0.594 bits per heavy atom. The molecule has 0 unspecified atom stereocenters. The summed E-state index contributed by atoms with van der Waals surface area (Å²) in [5.41, 5.74) is 0. The SMILES string of the molecule is CCCCCCCCCCCCCCCCCCCCCC(=O)N1CC[N+](C)(CC)CC1. The normalized spacial score (nSPS) is 15.9. The molecule has 0 N–H and O–H groups in total. The highest BCUT2D eigenvalue weighted by atomic mass is 16.2. The molecule has 1 amide bonds. The van der Waals surface area contributed by atoms with E-state index in [2.05, 4.69) is 25.8 Å². The van der Waals surface area contributed by atoms with Gasteiger partial charge in [-0.25, -0.2) is 0 Å². The van der Waals surface area contributed by atoms with Gasteiger partial charge in [-0.05, 0) is 13.3 Å². The van der Waals surface area contributed by atoms with Gasteiger partial charge in [0.15, 0.2) is 0 Å². The lowest BCUT2D eigenvalue weighted by molar-refractivity contribution is -0.911. The molecule has 1 rings (SSSR count). The van der Waals surface area contributed by atoms with Crippen LogP contribution in [0.3, 0.4) is 0 Å². The Labute approximate surface area is 202 Å². The van der Waals surface area contributed by atoms with Crippen molar-refractivity contribution in [1.29, 1.82) is 0 Å². The van der Waals surface area contributed by atoms with Gasteiger partial charge in [0.1, 0.15) is 0 Å². The van der Waals surface area contributed by atoms with Crippen molar-refractivity contribution < 1.29 is 9.28 Å². The third-order valence-electron chi connectivity index (χ3n) is 7.93. The van der Waals surface area contributed by atoms with Crippen LogP contribution in [-0.4, -0.2) is 55.1 Å². The number of hydrogen-bond donors (Lipinski definition) is 0. The van der Waals surface area contributed by atoms with E-state index >= 15 is 0 Å². The summed E-state index contributed by atoms with van der Waals surface area (Å²) in [4.78, 5) is 14.5. The molecule has 3 nitrogen and oxygen atoms in total. The van der Waals surface area contributed by atoms with Crippen molar-refractivity contribution in [1.82, 2.24) is 4.90 Å². The van der Waals surface area contributed by atoms with Crippen molar-refractivity contribution in [3.05, 3.63) is 0 Å². The maximum Gasteiger partial charge on any atom is 0.222 e. The van der Waals surface area contributed by atoms with Crippen molar-refractivity contribution >= 4 is 5.91 Å². The number of carbonyl (C=O) groups is 1. The summed E-state index contributed by atoms with van der Waals surface area (Å²) in [6.07, 6.45) is 27.4. The van der Waals surface area contributed by atoms with Gasteiger partial charge in [-0.15, -0.1) is 0 Å². The number of piperazine rings is 1. The van der Waals surface area contributed by atoms with E-state index < -0.39 is 0 Å². The summed E-state index contributed by atoms with van der Waals surface area (Å²) in [7, 11) is 2.32. The molecule has 1 heterocycles. The maximum atomic E-state index is 12.4. The number of amides is 1. The molecule has 0 spiro atoms. The molecule has 0 atom stereocenters. The molecule has 3 heteroatoms. The molecule has 0 saturated carbocycles. The Hall–Kier alpha value is -0.570. The largest absolute Gasteiger partial charge is 0.331 e. The molecule has 0 radical (unpaired) electrons. The molecule has 0 bridgehead atoms. The lowest BCUT2D eigenvalue weighted by Gasteiger charge is -2.41. The Balaban J connectivity index is 1.76. The second-order valence-corrected chi connectivity index (χ2v) is 10.9. The molecular formula is C29H59N2O+. The predicted octanol–water partition coefficient (Wildman–Crippen LogP) is 8.12. The fourth-order valence-electron chi connectivity index (χ4n) is 5.03. The quantitative estimate of drug-likeness (QED) is 0.127. The van der Waals surface area contributed by atoms with Gasteiger partial charge in [-0.3, -0.25) is 4.79 Å². The summed E-state index contributed by atoms with van der Waals surface area (Å²) in [5.74, 6) is 0.402. The summed E-state index contributed by atoms with van der Waals surface area (Å²) >= 11 is 0. The number of nitrogens with zero attached hydrogens (tertiary/aromatic N) is 2. The maximum absolute atomic E-state index is 12.4. The molecular weight excluding hydrogens is 392 g/mol. The molecule has 32 heavy (non-hydrogen) atoms. The van der Waals surface area contributed by atoms with E-state index in [1.807, 2.05) is 0 Å². The summed E-state index contributed by atoms with van der Waals surface area (Å²) < 4.78 is 1.13. The van der Waals surface area contributed by atoms with Gasteiger partial charge < -0.3 is 9.38 Å². The minimum absolute atomic E-state index is 0.402. The number of rotatable bonds is 21. The van der Waals surface area contributed by atoms with Gasteiger partial charge in [0.25, 0.3) is 0 Å². The van der Waals surface area contributed by atoms with E-state index in [1.54, 1.807) is 0 Å². The Morgan fingerprint density at radius 2 is 0.938 bits per heavy atom.